The number of carbonyl (C=O) groups is 1. The molecule has 1 aliphatic heterocycles. The third-order valence-electron chi connectivity index (χ3n) is 3.65. The van der Waals surface area contributed by atoms with E-state index in [1.54, 1.807) is 0 Å². The molecule has 2 N–H and O–H groups in total. The first-order valence-electron chi connectivity index (χ1n) is 7.38. The molecule has 0 spiro atoms. The standard InChI is InChI=1S/C14H25N5O/c1-4-6-15-10-12-11(2)17-18(3)14(12)19-8-5-13(20)16-7-9-19/h15H,4-10H2,1-3H3,(H,16,20). The van der Waals surface area contributed by atoms with Crippen molar-refractivity contribution in [1.82, 2.24) is 20.4 Å². The molecule has 1 amide bonds. The lowest BCUT2D eigenvalue weighted by Crippen LogP contribution is -2.31. The van der Waals surface area contributed by atoms with Crippen molar-refractivity contribution < 1.29 is 4.79 Å². The highest BCUT2D eigenvalue weighted by molar-refractivity contribution is 5.77. The van der Waals surface area contributed by atoms with Gasteiger partial charge in [-0.25, -0.2) is 0 Å². The zero-order valence-electron chi connectivity index (χ0n) is 12.7. The smallest absolute Gasteiger partial charge is 0.221 e. The van der Waals surface area contributed by atoms with E-state index in [-0.39, 0.29) is 5.91 Å². The van der Waals surface area contributed by atoms with Crippen molar-refractivity contribution in [3.05, 3.63) is 11.3 Å². The van der Waals surface area contributed by atoms with Gasteiger partial charge >= 0.3 is 0 Å². The molecule has 0 bridgehead atoms. The molecular formula is C14H25N5O. The Bertz CT molecular complexity index is 468. The van der Waals surface area contributed by atoms with Crippen molar-refractivity contribution in [3.8, 4) is 0 Å². The molecule has 0 radical (unpaired) electrons. The summed E-state index contributed by atoms with van der Waals surface area (Å²) in [5.41, 5.74) is 2.31. The van der Waals surface area contributed by atoms with Crippen molar-refractivity contribution in [3.63, 3.8) is 0 Å². The largest absolute Gasteiger partial charge is 0.354 e. The van der Waals surface area contributed by atoms with E-state index < -0.39 is 0 Å². The number of nitrogens with zero attached hydrogens (tertiary/aromatic N) is 3. The van der Waals surface area contributed by atoms with E-state index in [1.165, 1.54) is 5.56 Å². The number of hydrogen-bond acceptors (Lipinski definition) is 4. The highest BCUT2D eigenvalue weighted by Crippen LogP contribution is 2.23. The molecule has 0 atom stereocenters. The molecule has 1 aromatic rings. The molecule has 6 nitrogen and oxygen atoms in total. The van der Waals surface area contributed by atoms with E-state index in [4.69, 9.17) is 0 Å². The molecule has 1 fully saturated rings. The van der Waals surface area contributed by atoms with Crippen LogP contribution < -0.4 is 15.5 Å². The van der Waals surface area contributed by atoms with Crippen LogP contribution in [-0.2, 0) is 18.4 Å². The Kier molecular flexibility index (Phi) is 5.00. The first kappa shape index (κ1) is 14.8. The van der Waals surface area contributed by atoms with Gasteiger partial charge in [-0.2, -0.15) is 5.10 Å². The molecule has 6 heteroatoms. The van der Waals surface area contributed by atoms with Crippen LogP contribution in [0.5, 0.6) is 0 Å². The number of amides is 1. The zero-order valence-corrected chi connectivity index (χ0v) is 12.7. The maximum Gasteiger partial charge on any atom is 0.221 e. The van der Waals surface area contributed by atoms with Gasteiger partial charge < -0.3 is 15.5 Å². The third kappa shape index (κ3) is 3.30. The fraction of sp³-hybridized carbons (Fsp3) is 0.714. The monoisotopic (exact) mass is 279 g/mol. The summed E-state index contributed by atoms with van der Waals surface area (Å²) in [4.78, 5) is 13.7. The fourth-order valence-electron chi connectivity index (χ4n) is 2.66. The maximum absolute atomic E-state index is 11.5. The first-order valence-corrected chi connectivity index (χ1v) is 7.38. The Hall–Kier alpha value is -1.56. The van der Waals surface area contributed by atoms with E-state index in [2.05, 4.69) is 27.6 Å². The molecule has 1 aliphatic rings. The Balaban J connectivity index is 2.18. The molecule has 1 aromatic heterocycles. The van der Waals surface area contributed by atoms with Gasteiger partial charge in [-0.15, -0.1) is 0 Å². The Morgan fingerprint density at radius 2 is 2.20 bits per heavy atom. The van der Waals surface area contributed by atoms with Gasteiger partial charge in [0.05, 0.1) is 5.69 Å². The molecule has 2 heterocycles. The molecule has 0 saturated carbocycles. The SMILES string of the molecule is CCCNCc1c(C)nn(C)c1N1CCNC(=O)CC1. The van der Waals surface area contributed by atoms with Crippen LogP contribution in [0.2, 0.25) is 0 Å². The second kappa shape index (κ2) is 6.74. The van der Waals surface area contributed by atoms with E-state index in [0.29, 0.717) is 13.0 Å². The minimum atomic E-state index is 0.136. The summed E-state index contributed by atoms with van der Waals surface area (Å²) in [6.07, 6.45) is 1.67. The molecule has 112 valence electrons. The lowest BCUT2D eigenvalue weighted by molar-refractivity contribution is -0.120. The Morgan fingerprint density at radius 3 is 2.95 bits per heavy atom. The minimum absolute atomic E-state index is 0.136. The average molecular weight is 279 g/mol. The number of aryl methyl sites for hydroxylation is 2. The summed E-state index contributed by atoms with van der Waals surface area (Å²) in [5, 5.41) is 10.9. The van der Waals surface area contributed by atoms with Crippen LogP contribution in [0.3, 0.4) is 0 Å². The number of rotatable bonds is 5. The van der Waals surface area contributed by atoms with Crippen LogP contribution in [0, 0.1) is 6.92 Å². The van der Waals surface area contributed by atoms with Gasteiger partial charge in [0.25, 0.3) is 0 Å². The number of anilines is 1. The summed E-state index contributed by atoms with van der Waals surface area (Å²) in [7, 11) is 1.98. The van der Waals surface area contributed by atoms with Crippen molar-refractivity contribution in [2.24, 2.45) is 7.05 Å². The van der Waals surface area contributed by atoms with Gasteiger partial charge in [0.1, 0.15) is 5.82 Å². The average Bonchev–Trinajstić information content (AvgIpc) is 2.58. The topological polar surface area (TPSA) is 62.2 Å². The molecule has 20 heavy (non-hydrogen) atoms. The summed E-state index contributed by atoms with van der Waals surface area (Å²) < 4.78 is 1.94. The Labute approximate surface area is 120 Å². The van der Waals surface area contributed by atoms with Gasteiger partial charge in [0.15, 0.2) is 0 Å². The summed E-state index contributed by atoms with van der Waals surface area (Å²) in [5.74, 6) is 1.28. The summed E-state index contributed by atoms with van der Waals surface area (Å²) in [6, 6.07) is 0. The molecule has 2 rings (SSSR count). The van der Waals surface area contributed by atoms with Gasteiger partial charge in [-0.05, 0) is 19.9 Å². The van der Waals surface area contributed by atoms with E-state index in [1.807, 2.05) is 18.7 Å². The highest BCUT2D eigenvalue weighted by Gasteiger charge is 2.21. The van der Waals surface area contributed by atoms with Crippen molar-refractivity contribution in [2.45, 2.75) is 33.2 Å². The quantitative estimate of drug-likeness (QED) is 0.773. The van der Waals surface area contributed by atoms with Gasteiger partial charge in [0, 0.05) is 45.2 Å². The fourth-order valence-corrected chi connectivity index (χ4v) is 2.66. The molecule has 0 aliphatic carbocycles. The van der Waals surface area contributed by atoms with Crippen LogP contribution in [0.25, 0.3) is 0 Å². The summed E-state index contributed by atoms with van der Waals surface area (Å²) in [6.45, 7) is 8.35. The minimum Gasteiger partial charge on any atom is -0.354 e. The van der Waals surface area contributed by atoms with Crippen molar-refractivity contribution in [2.75, 3.05) is 31.1 Å². The molecule has 0 unspecified atom stereocenters. The van der Waals surface area contributed by atoms with Crippen LogP contribution in [0.1, 0.15) is 31.0 Å². The number of nitrogens with one attached hydrogen (secondary N) is 2. The lowest BCUT2D eigenvalue weighted by Gasteiger charge is -2.23. The van der Waals surface area contributed by atoms with E-state index in [9.17, 15) is 4.79 Å². The van der Waals surface area contributed by atoms with Gasteiger partial charge in [-0.1, -0.05) is 6.92 Å². The predicted molar refractivity (Wildman–Crippen MR) is 79.8 cm³/mol. The van der Waals surface area contributed by atoms with Gasteiger partial charge in [-0.3, -0.25) is 9.48 Å². The summed E-state index contributed by atoms with van der Waals surface area (Å²) >= 11 is 0. The Morgan fingerprint density at radius 1 is 1.40 bits per heavy atom. The van der Waals surface area contributed by atoms with Crippen molar-refractivity contribution in [1.29, 1.82) is 0 Å². The van der Waals surface area contributed by atoms with Crippen LogP contribution in [0.15, 0.2) is 0 Å². The number of hydrogen-bond donors (Lipinski definition) is 2. The third-order valence-corrected chi connectivity index (χ3v) is 3.65. The normalized spacial score (nSPS) is 16.1. The van der Waals surface area contributed by atoms with Crippen LogP contribution in [-0.4, -0.2) is 41.9 Å². The van der Waals surface area contributed by atoms with E-state index in [0.717, 1.165) is 44.1 Å². The van der Waals surface area contributed by atoms with Crippen LogP contribution >= 0.6 is 0 Å². The zero-order chi connectivity index (χ0) is 14.5. The second-order valence-corrected chi connectivity index (χ2v) is 5.27. The van der Waals surface area contributed by atoms with Crippen molar-refractivity contribution >= 4 is 11.7 Å². The second-order valence-electron chi connectivity index (χ2n) is 5.27. The number of aromatic nitrogens is 2. The molecule has 1 saturated heterocycles. The highest BCUT2D eigenvalue weighted by atomic mass is 16.1. The molecular weight excluding hydrogens is 254 g/mol. The number of carbonyl (C=O) groups excluding carboxylic acids is 1. The maximum atomic E-state index is 11.5. The first-order chi connectivity index (χ1) is 9.63. The van der Waals surface area contributed by atoms with Crippen LogP contribution in [0.4, 0.5) is 5.82 Å². The molecule has 0 aromatic carbocycles. The van der Waals surface area contributed by atoms with E-state index >= 15 is 0 Å². The van der Waals surface area contributed by atoms with Gasteiger partial charge in [0.2, 0.25) is 5.91 Å². The lowest BCUT2D eigenvalue weighted by atomic mass is 10.2. The predicted octanol–water partition coefficient (Wildman–Crippen LogP) is 0.554.